The van der Waals surface area contributed by atoms with Gasteiger partial charge in [-0.3, -0.25) is 9.59 Å². The number of hydrogen-bond donors (Lipinski definition) is 2. The molecule has 0 amide bonds. The van der Waals surface area contributed by atoms with E-state index in [-0.39, 0.29) is 28.8 Å². The van der Waals surface area contributed by atoms with Crippen LogP contribution in [0.15, 0.2) is 47.1 Å². The zero-order chi connectivity index (χ0) is 43.4. The second-order valence-corrected chi connectivity index (χ2v) is 22.8. The fraction of sp³-hybridized carbons (Fsp3) is 0.750. The molecule has 8 aliphatic rings. The number of carboxylic acids is 1. The normalized spacial score (nSPS) is 41.4. The Morgan fingerprint density at radius 2 is 1.69 bits per heavy atom. The molecule has 9 rings (SSSR count). The van der Waals surface area contributed by atoms with Gasteiger partial charge in [-0.2, -0.15) is 0 Å². The van der Waals surface area contributed by atoms with Crippen LogP contribution in [0.5, 0.6) is 0 Å². The van der Waals surface area contributed by atoms with Gasteiger partial charge >= 0.3 is 5.97 Å². The number of Topliss-reactive ketones (excluding diaryl/α,β-unsaturated/α-hetero) is 1. The Kier molecular flexibility index (Phi) is 12.7. The number of fused-ring (bicyclic) bond motifs is 9. The Morgan fingerprint density at radius 1 is 0.903 bits per heavy atom. The molecule has 0 bridgehead atoms. The van der Waals surface area contributed by atoms with Gasteiger partial charge in [0.2, 0.25) is 0 Å². The lowest BCUT2D eigenvalue weighted by Crippen LogP contribution is -2.58. The van der Waals surface area contributed by atoms with E-state index in [1.54, 1.807) is 11.1 Å². The molecule has 6 nitrogen and oxygen atoms in total. The number of aliphatic hydroxyl groups is 1. The van der Waals surface area contributed by atoms with Crippen LogP contribution < -0.4 is 4.90 Å². The third-order valence-electron chi connectivity index (χ3n) is 20.2. The summed E-state index contributed by atoms with van der Waals surface area (Å²) in [5, 5.41) is 21.1. The fourth-order valence-corrected chi connectivity index (χ4v) is 16.8. The summed E-state index contributed by atoms with van der Waals surface area (Å²) in [4.78, 5) is 26.3. The number of ether oxygens (including phenoxy) is 1. The first kappa shape index (κ1) is 44.3. The van der Waals surface area contributed by atoms with Crippen molar-refractivity contribution in [2.24, 2.45) is 63.6 Å². The Labute approximate surface area is 374 Å². The largest absolute Gasteiger partial charge is 0.481 e. The maximum atomic E-state index is 12.6. The van der Waals surface area contributed by atoms with E-state index in [1.165, 1.54) is 68.2 Å². The Morgan fingerprint density at radius 3 is 2.48 bits per heavy atom. The number of ketones is 1. The summed E-state index contributed by atoms with van der Waals surface area (Å²) < 4.78 is 6.75. The molecule has 0 radical (unpaired) electrons. The molecule has 6 heteroatoms. The number of likely N-dealkylation sites (N-methyl/N-ethyl adjacent to an activating group) is 1. The van der Waals surface area contributed by atoms with Crippen molar-refractivity contribution in [2.75, 3.05) is 25.1 Å². The lowest BCUT2D eigenvalue weighted by molar-refractivity contribution is -0.174. The summed E-state index contributed by atoms with van der Waals surface area (Å²) in [6.45, 7) is 11.1. The first-order valence-corrected chi connectivity index (χ1v) is 25.5. The number of carboxylic acid groups (broad SMARTS) is 1. The topological polar surface area (TPSA) is 87.1 Å². The van der Waals surface area contributed by atoms with Crippen LogP contribution in [0.3, 0.4) is 0 Å². The third-order valence-corrected chi connectivity index (χ3v) is 20.2. The van der Waals surface area contributed by atoms with Crippen molar-refractivity contribution in [1.29, 1.82) is 0 Å². The highest BCUT2D eigenvalue weighted by molar-refractivity contribution is 5.80. The van der Waals surface area contributed by atoms with Crippen LogP contribution in [0, 0.1) is 75.4 Å². The van der Waals surface area contributed by atoms with E-state index < -0.39 is 5.97 Å². The van der Waals surface area contributed by atoms with Gasteiger partial charge in [0.05, 0.1) is 18.8 Å². The Hall–Kier alpha value is -2.88. The standard InChI is InChI=1S/C56H79NO5/c1-6-10-38-20-27-48-46-25-18-36-17-24-42(58)12-7-8-13-44(36)53(46)47(35-55(38,48)3)37-15-22-41(23-16-37)57(5)31-32-62-43-29-30-54(2)40(33-43)19-26-45-49-28-21-39(11-9-14-52(60)61)56(49,4)51(59)34-50(45)54/h15-17,22-23,38-40,43,45-51,59H,7-9,11-14,18-21,24-35H2,1-5H3,(H,60,61)/t38?,39?,40?,43?,45?,46?,47?,48-,49-,50-,51-,54?,55?,56?/m0/s1. The average molecular weight is 846 g/mol. The Bertz CT molecular complexity index is 1950. The third kappa shape index (κ3) is 7.88. The lowest BCUT2D eigenvalue weighted by Gasteiger charge is -2.62. The number of aliphatic hydroxyl groups excluding tert-OH is 1. The van der Waals surface area contributed by atoms with E-state index in [9.17, 15) is 19.8 Å². The Balaban J connectivity index is 0.837. The second-order valence-electron chi connectivity index (χ2n) is 22.8. The van der Waals surface area contributed by atoms with Crippen LogP contribution in [-0.2, 0) is 14.3 Å². The first-order chi connectivity index (χ1) is 29.8. The predicted molar refractivity (Wildman–Crippen MR) is 249 cm³/mol. The van der Waals surface area contributed by atoms with Gasteiger partial charge in [-0.25, -0.2) is 0 Å². The quantitative estimate of drug-likeness (QED) is 0.228. The highest BCUT2D eigenvalue weighted by atomic mass is 16.5. The van der Waals surface area contributed by atoms with Crippen molar-refractivity contribution < 1.29 is 24.5 Å². The minimum atomic E-state index is -0.700. The number of allylic oxidation sites excluding steroid dienone is 4. The number of hydrogen-bond acceptors (Lipinski definition) is 5. The van der Waals surface area contributed by atoms with E-state index >= 15 is 0 Å². The van der Waals surface area contributed by atoms with Gasteiger partial charge < -0.3 is 19.8 Å². The number of anilines is 1. The molecule has 0 aliphatic heterocycles. The SMILES string of the molecule is CC#CC1CC[C@H]2C3CCC4=CCC(=O)CCCCC4=C3C(c3ccc(N(C)CCOC4CCC5(C)C(CCC6[C@@H]5C[C@H](O)C5(C)C(CCCC(=O)O)CC[C@@H]65)C4)cc3)CC12C. The van der Waals surface area contributed by atoms with Crippen LogP contribution >= 0.6 is 0 Å². The van der Waals surface area contributed by atoms with Crippen LogP contribution in [0.25, 0.3) is 0 Å². The molecule has 62 heavy (non-hydrogen) atoms. The van der Waals surface area contributed by atoms with Crippen LogP contribution in [-0.4, -0.2) is 54.4 Å². The molecule has 14 atom stereocenters. The summed E-state index contributed by atoms with van der Waals surface area (Å²) in [5.74, 6) is 11.9. The van der Waals surface area contributed by atoms with Crippen molar-refractivity contribution in [3.63, 3.8) is 0 Å². The number of carbonyl (C=O) groups excluding carboxylic acids is 1. The van der Waals surface area contributed by atoms with Gasteiger partial charge in [-0.15, -0.1) is 5.92 Å². The van der Waals surface area contributed by atoms with E-state index in [1.807, 2.05) is 6.92 Å². The van der Waals surface area contributed by atoms with Crippen molar-refractivity contribution in [3.05, 3.63) is 52.6 Å². The van der Waals surface area contributed by atoms with E-state index in [0.29, 0.717) is 71.6 Å². The maximum Gasteiger partial charge on any atom is 0.303 e. The van der Waals surface area contributed by atoms with Gasteiger partial charge in [0.25, 0.3) is 0 Å². The van der Waals surface area contributed by atoms with Crippen molar-refractivity contribution in [1.82, 2.24) is 0 Å². The zero-order valence-corrected chi connectivity index (χ0v) is 39.1. The molecule has 10 unspecified atom stereocenters. The van der Waals surface area contributed by atoms with Gasteiger partial charge in [-0.05, 0) is 209 Å². The molecule has 1 aromatic carbocycles. The van der Waals surface area contributed by atoms with Crippen LogP contribution in [0.2, 0.25) is 0 Å². The van der Waals surface area contributed by atoms with Crippen LogP contribution in [0.1, 0.15) is 174 Å². The number of nitrogens with zero attached hydrogens (tertiary/aromatic N) is 1. The number of aliphatic carboxylic acids is 1. The molecule has 6 saturated carbocycles. The molecule has 1 aromatic rings. The molecular weight excluding hydrogens is 767 g/mol. The first-order valence-electron chi connectivity index (χ1n) is 25.5. The summed E-state index contributed by atoms with van der Waals surface area (Å²) in [6, 6.07) is 9.60. The molecule has 2 N–H and O–H groups in total. The van der Waals surface area contributed by atoms with Gasteiger partial charge in [0.1, 0.15) is 5.78 Å². The van der Waals surface area contributed by atoms with Gasteiger partial charge in [0, 0.05) is 50.4 Å². The smallest absolute Gasteiger partial charge is 0.303 e. The van der Waals surface area contributed by atoms with E-state index in [2.05, 4.69) is 74.9 Å². The molecule has 6 fully saturated rings. The number of benzene rings is 1. The minimum Gasteiger partial charge on any atom is -0.481 e. The number of carbonyl (C=O) groups is 2. The monoisotopic (exact) mass is 846 g/mol. The predicted octanol–water partition coefficient (Wildman–Crippen LogP) is 12.1. The van der Waals surface area contributed by atoms with E-state index in [0.717, 1.165) is 83.8 Å². The van der Waals surface area contributed by atoms with Crippen LogP contribution in [0.4, 0.5) is 5.69 Å². The highest BCUT2D eigenvalue weighted by Crippen LogP contribution is 2.69. The summed E-state index contributed by atoms with van der Waals surface area (Å²) in [6.07, 6.45) is 24.1. The van der Waals surface area contributed by atoms with Gasteiger partial charge in [-0.1, -0.05) is 50.5 Å². The summed E-state index contributed by atoms with van der Waals surface area (Å²) in [5.41, 5.74) is 7.97. The van der Waals surface area contributed by atoms with Gasteiger partial charge in [0.15, 0.2) is 0 Å². The molecule has 0 saturated heterocycles. The van der Waals surface area contributed by atoms with Crippen molar-refractivity contribution in [3.8, 4) is 11.8 Å². The molecular formula is C56H79NO5. The highest BCUT2D eigenvalue weighted by Gasteiger charge is 2.63. The number of rotatable bonds is 10. The summed E-state index contributed by atoms with van der Waals surface area (Å²) >= 11 is 0. The molecule has 338 valence electrons. The summed E-state index contributed by atoms with van der Waals surface area (Å²) in [7, 11) is 2.22. The van der Waals surface area contributed by atoms with Crippen molar-refractivity contribution in [2.45, 2.75) is 181 Å². The lowest BCUT2D eigenvalue weighted by atomic mass is 9.44. The molecule has 0 heterocycles. The molecule has 0 aromatic heterocycles. The minimum absolute atomic E-state index is 0.0639. The second kappa shape index (κ2) is 17.8. The van der Waals surface area contributed by atoms with E-state index in [4.69, 9.17) is 4.74 Å². The zero-order valence-electron chi connectivity index (χ0n) is 39.1. The fourth-order valence-electron chi connectivity index (χ4n) is 16.8. The maximum absolute atomic E-state index is 12.6. The molecule has 8 aliphatic carbocycles. The molecule has 0 spiro atoms. The average Bonchev–Trinajstić information content (AvgIpc) is 3.80. The van der Waals surface area contributed by atoms with Crippen molar-refractivity contribution >= 4 is 17.4 Å².